The Bertz CT molecular complexity index is 102. The summed E-state index contributed by atoms with van der Waals surface area (Å²) in [7, 11) is 0. The minimum atomic E-state index is 0.00213. The van der Waals surface area contributed by atoms with E-state index < -0.39 is 0 Å². The summed E-state index contributed by atoms with van der Waals surface area (Å²) < 4.78 is 10.9. The maximum absolute atomic E-state index is 5.49. The Morgan fingerprint density at radius 1 is 1.64 bits per heavy atom. The van der Waals surface area contributed by atoms with Crippen LogP contribution in [0.1, 0.15) is 26.2 Å². The van der Waals surface area contributed by atoms with Crippen molar-refractivity contribution in [3.8, 4) is 0 Å². The predicted octanol–water partition coefficient (Wildman–Crippen LogP) is 0.877. The zero-order chi connectivity index (χ0) is 8.10. The van der Waals surface area contributed by atoms with Gasteiger partial charge in [-0.2, -0.15) is 0 Å². The molecular formula is C8H17NO2. The largest absolute Gasteiger partial charge is 0.353 e. The Hall–Kier alpha value is -0.120. The lowest BCUT2D eigenvalue weighted by molar-refractivity contribution is -0.182. The van der Waals surface area contributed by atoms with Gasteiger partial charge >= 0.3 is 0 Å². The van der Waals surface area contributed by atoms with Crippen molar-refractivity contribution in [2.45, 2.75) is 38.6 Å². The van der Waals surface area contributed by atoms with Crippen LogP contribution < -0.4 is 5.73 Å². The molecule has 1 rings (SSSR count). The van der Waals surface area contributed by atoms with Gasteiger partial charge in [0.1, 0.15) is 0 Å². The van der Waals surface area contributed by atoms with E-state index in [1.807, 2.05) is 6.92 Å². The Morgan fingerprint density at radius 2 is 2.45 bits per heavy atom. The third kappa shape index (κ3) is 3.18. The molecule has 66 valence electrons. The van der Waals surface area contributed by atoms with E-state index in [0.717, 1.165) is 19.4 Å². The van der Waals surface area contributed by atoms with Crippen LogP contribution in [0, 0.1) is 0 Å². The van der Waals surface area contributed by atoms with Crippen molar-refractivity contribution in [1.82, 2.24) is 0 Å². The Kier molecular flexibility index (Phi) is 3.83. The Morgan fingerprint density at radius 3 is 3.00 bits per heavy atom. The van der Waals surface area contributed by atoms with Crippen molar-refractivity contribution in [2.24, 2.45) is 5.73 Å². The number of nitrogens with two attached hydrogens (primary N) is 1. The minimum Gasteiger partial charge on any atom is -0.353 e. The van der Waals surface area contributed by atoms with E-state index in [1.165, 1.54) is 6.42 Å². The lowest BCUT2D eigenvalue weighted by atomic mass is 10.2. The summed E-state index contributed by atoms with van der Waals surface area (Å²) in [5.74, 6) is 0. The highest BCUT2D eigenvalue weighted by Crippen LogP contribution is 2.14. The fourth-order valence-electron chi connectivity index (χ4n) is 1.13. The maximum atomic E-state index is 5.49. The molecule has 3 nitrogen and oxygen atoms in total. The van der Waals surface area contributed by atoms with Crippen molar-refractivity contribution >= 4 is 0 Å². The summed E-state index contributed by atoms with van der Waals surface area (Å²) in [4.78, 5) is 0. The Labute approximate surface area is 67.9 Å². The first-order valence-electron chi connectivity index (χ1n) is 4.30. The molecule has 1 saturated heterocycles. The molecule has 0 aromatic carbocycles. The molecule has 0 aromatic heterocycles. The van der Waals surface area contributed by atoms with Gasteiger partial charge in [0.2, 0.25) is 0 Å². The summed E-state index contributed by atoms with van der Waals surface area (Å²) in [5, 5.41) is 0. The molecule has 1 heterocycles. The molecule has 0 amide bonds. The molecule has 2 N–H and O–H groups in total. The fourth-order valence-corrected chi connectivity index (χ4v) is 1.13. The SMILES string of the molecule is CC(CN)OC1CCCCO1. The maximum Gasteiger partial charge on any atom is 0.157 e. The molecule has 3 heteroatoms. The van der Waals surface area contributed by atoms with Gasteiger partial charge in [-0.05, 0) is 26.2 Å². The van der Waals surface area contributed by atoms with Gasteiger partial charge in [-0.25, -0.2) is 0 Å². The normalized spacial score (nSPS) is 28.4. The molecule has 0 radical (unpaired) electrons. The first-order chi connectivity index (χ1) is 5.33. The van der Waals surface area contributed by atoms with Gasteiger partial charge in [0, 0.05) is 13.2 Å². The van der Waals surface area contributed by atoms with Gasteiger partial charge in [0.05, 0.1) is 6.10 Å². The highest BCUT2D eigenvalue weighted by atomic mass is 16.7. The zero-order valence-electron chi connectivity index (χ0n) is 7.08. The van der Waals surface area contributed by atoms with Crippen molar-refractivity contribution in [3.63, 3.8) is 0 Å². The molecule has 11 heavy (non-hydrogen) atoms. The smallest absolute Gasteiger partial charge is 0.157 e. The molecule has 0 saturated carbocycles. The van der Waals surface area contributed by atoms with Gasteiger partial charge in [-0.1, -0.05) is 0 Å². The van der Waals surface area contributed by atoms with Crippen LogP contribution in [0.25, 0.3) is 0 Å². The first-order valence-corrected chi connectivity index (χ1v) is 4.30. The van der Waals surface area contributed by atoms with Crippen LogP contribution in [0.2, 0.25) is 0 Å². The van der Waals surface area contributed by atoms with Gasteiger partial charge < -0.3 is 15.2 Å². The monoisotopic (exact) mass is 159 g/mol. The zero-order valence-corrected chi connectivity index (χ0v) is 7.08. The number of hydrogen-bond acceptors (Lipinski definition) is 3. The molecule has 1 aliphatic heterocycles. The standard InChI is InChI=1S/C8H17NO2/c1-7(6-9)11-8-4-2-3-5-10-8/h7-8H,2-6,9H2,1H3. The van der Waals surface area contributed by atoms with Gasteiger partial charge in [-0.15, -0.1) is 0 Å². The number of hydrogen-bond donors (Lipinski definition) is 1. The molecule has 0 aromatic rings. The van der Waals surface area contributed by atoms with E-state index in [4.69, 9.17) is 15.2 Å². The van der Waals surface area contributed by atoms with Crippen molar-refractivity contribution in [2.75, 3.05) is 13.2 Å². The lowest BCUT2D eigenvalue weighted by Crippen LogP contribution is -2.30. The molecule has 2 atom stereocenters. The van der Waals surface area contributed by atoms with Crippen LogP contribution >= 0.6 is 0 Å². The second kappa shape index (κ2) is 4.70. The van der Waals surface area contributed by atoms with Crippen LogP contribution in [0.4, 0.5) is 0 Å². The third-order valence-electron chi connectivity index (χ3n) is 1.85. The summed E-state index contributed by atoms with van der Waals surface area (Å²) in [6, 6.07) is 0. The quantitative estimate of drug-likeness (QED) is 0.664. The second-order valence-corrected chi connectivity index (χ2v) is 2.98. The van der Waals surface area contributed by atoms with E-state index in [9.17, 15) is 0 Å². The number of ether oxygens (including phenoxy) is 2. The topological polar surface area (TPSA) is 44.5 Å². The molecule has 1 fully saturated rings. The fraction of sp³-hybridized carbons (Fsp3) is 1.00. The van der Waals surface area contributed by atoms with Crippen LogP contribution in [0.5, 0.6) is 0 Å². The van der Waals surface area contributed by atoms with Gasteiger partial charge in [0.15, 0.2) is 6.29 Å². The van der Waals surface area contributed by atoms with Crippen LogP contribution in [0.3, 0.4) is 0 Å². The van der Waals surface area contributed by atoms with Crippen molar-refractivity contribution in [1.29, 1.82) is 0 Å². The first kappa shape index (κ1) is 8.97. The highest BCUT2D eigenvalue weighted by Gasteiger charge is 2.15. The lowest BCUT2D eigenvalue weighted by Gasteiger charge is -2.25. The van der Waals surface area contributed by atoms with Crippen molar-refractivity contribution < 1.29 is 9.47 Å². The number of rotatable bonds is 3. The van der Waals surface area contributed by atoms with Crippen LogP contribution in [-0.4, -0.2) is 25.5 Å². The van der Waals surface area contributed by atoms with E-state index in [0.29, 0.717) is 6.54 Å². The van der Waals surface area contributed by atoms with Gasteiger partial charge in [-0.3, -0.25) is 0 Å². The molecule has 0 bridgehead atoms. The summed E-state index contributed by atoms with van der Waals surface area (Å²) in [5.41, 5.74) is 5.41. The van der Waals surface area contributed by atoms with Crippen LogP contribution in [0.15, 0.2) is 0 Å². The summed E-state index contributed by atoms with van der Waals surface area (Å²) >= 11 is 0. The molecule has 2 unspecified atom stereocenters. The minimum absolute atomic E-state index is 0.00213. The van der Waals surface area contributed by atoms with E-state index in [2.05, 4.69) is 0 Å². The molecule has 1 aliphatic rings. The van der Waals surface area contributed by atoms with E-state index in [-0.39, 0.29) is 12.4 Å². The van der Waals surface area contributed by atoms with Crippen molar-refractivity contribution in [3.05, 3.63) is 0 Å². The highest BCUT2D eigenvalue weighted by molar-refractivity contribution is 4.57. The molecule has 0 aliphatic carbocycles. The average Bonchev–Trinajstić information content (AvgIpc) is 2.06. The third-order valence-corrected chi connectivity index (χ3v) is 1.85. The average molecular weight is 159 g/mol. The van der Waals surface area contributed by atoms with Gasteiger partial charge in [0.25, 0.3) is 0 Å². The second-order valence-electron chi connectivity index (χ2n) is 2.98. The van der Waals surface area contributed by atoms with Crippen LogP contribution in [-0.2, 0) is 9.47 Å². The Balaban J connectivity index is 2.13. The van der Waals surface area contributed by atoms with E-state index in [1.54, 1.807) is 0 Å². The van der Waals surface area contributed by atoms with E-state index >= 15 is 0 Å². The predicted molar refractivity (Wildman–Crippen MR) is 43.2 cm³/mol. The summed E-state index contributed by atoms with van der Waals surface area (Å²) in [6.45, 7) is 3.37. The molecule has 0 spiro atoms. The molecular weight excluding hydrogens is 142 g/mol. The summed E-state index contributed by atoms with van der Waals surface area (Å²) in [6.07, 6.45) is 3.52.